The SMILES string of the molecule is COCC(CN)(C(C)C)N(C)CC1CCCCC1. The first kappa shape index (κ1) is 15.9. The molecule has 1 aliphatic carbocycles. The van der Waals surface area contributed by atoms with Crippen LogP contribution >= 0.6 is 0 Å². The molecule has 0 aromatic heterocycles. The van der Waals surface area contributed by atoms with E-state index < -0.39 is 0 Å². The number of nitrogens with two attached hydrogens (primary N) is 1. The third-order valence-corrected chi connectivity index (χ3v) is 4.84. The van der Waals surface area contributed by atoms with Crippen molar-refractivity contribution in [2.24, 2.45) is 17.6 Å². The molecule has 18 heavy (non-hydrogen) atoms. The number of ether oxygens (including phenoxy) is 1. The first-order chi connectivity index (χ1) is 8.56. The molecule has 0 aromatic rings. The van der Waals surface area contributed by atoms with Gasteiger partial charge in [0.1, 0.15) is 0 Å². The van der Waals surface area contributed by atoms with E-state index >= 15 is 0 Å². The summed E-state index contributed by atoms with van der Waals surface area (Å²) in [6.45, 7) is 7.07. The van der Waals surface area contributed by atoms with E-state index in [-0.39, 0.29) is 5.54 Å². The fourth-order valence-electron chi connectivity index (χ4n) is 3.36. The van der Waals surface area contributed by atoms with Gasteiger partial charge in [-0.15, -0.1) is 0 Å². The monoisotopic (exact) mass is 256 g/mol. The van der Waals surface area contributed by atoms with Crippen molar-refractivity contribution >= 4 is 0 Å². The van der Waals surface area contributed by atoms with Crippen LogP contribution in [-0.2, 0) is 4.74 Å². The quantitative estimate of drug-likeness (QED) is 0.760. The Bertz CT molecular complexity index is 227. The highest BCUT2D eigenvalue weighted by Gasteiger charge is 2.37. The van der Waals surface area contributed by atoms with Gasteiger partial charge in [-0.3, -0.25) is 4.90 Å². The Morgan fingerprint density at radius 1 is 1.28 bits per heavy atom. The average Bonchev–Trinajstić information content (AvgIpc) is 2.36. The molecule has 3 nitrogen and oxygen atoms in total. The van der Waals surface area contributed by atoms with Gasteiger partial charge in [-0.05, 0) is 31.7 Å². The molecule has 0 bridgehead atoms. The molecule has 108 valence electrons. The van der Waals surface area contributed by atoms with E-state index in [9.17, 15) is 0 Å². The lowest BCUT2D eigenvalue weighted by atomic mass is 9.83. The normalized spacial score (nSPS) is 21.5. The Labute approximate surface area is 113 Å². The van der Waals surface area contributed by atoms with Gasteiger partial charge in [0.2, 0.25) is 0 Å². The molecule has 1 atom stereocenters. The summed E-state index contributed by atoms with van der Waals surface area (Å²) in [6.07, 6.45) is 7.00. The van der Waals surface area contributed by atoms with Crippen molar-refractivity contribution < 1.29 is 4.74 Å². The van der Waals surface area contributed by atoms with Crippen LogP contribution in [-0.4, -0.2) is 44.3 Å². The van der Waals surface area contributed by atoms with E-state index in [2.05, 4.69) is 25.8 Å². The van der Waals surface area contributed by atoms with Gasteiger partial charge < -0.3 is 10.5 Å². The Balaban J connectivity index is 2.65. The highest BCUT2D eigenvalue weighted by Crippen LogP contribution is 2.29. The lowest BCUT2D eigenvalue weighted by Crippen LogP contribution is -2.59. The van der Waals surface area contributed by atoms with Crippen LogP contribution in [0.25, 0.3) is 0 Å². The summed E-state index contributed by atoms with van der Waals surface area (Å²) >= 11 is 0. The van der Waals surface area contributed by atoms with Crippen molar-refractivity contribution in [3.8, 4) is 0 Å². The lowest BCUT2D eigenvalue weighted by Gasteiger charge is -2.45. The van der Waals surface area contributed by atoms with E-state index in [1.165, 1.54) is 38.6 Å². The predicted molar refractivity (Wildman–Crippen MR) is 77.7 cm³/mol. The summed E-state index contributed by atoms with van der Waals surface area (Å²) in [5.41, 5.74) is 6.07. The van der Waals surface area contributed by atoms with Crippen molar-refractivity contribution in [1.82, 2.24) is 4.90 Å². The Hall–Kier alpha value is -0.120. The maximum atomic E-state index is 6.08. The Morgan fingerprint density at radius 2 is 1.89 bits per heavy atom. The molecule has 0 radical (unpaired) electrons. The van der Waals surface area contributed by atoms with Gasteiger partial charge in [-0.1, -0.05) is 33.1 Å². The van der Waals surface area contributed by atoms with Crippen LogP contribution < -0.4 is 5.73 Å². The van der Waals surface area contributed by atoms with E-state index in [0.29, 0.717) is 12.5 Å². The van der Waals surface area contributed by atoms with Crippen molar-refractivity contribution in [3.63, 3.8) is 0 Å². The summed E-state index contributed by atoms with van der Waals surface area (Å²) in [5.74, 6) is 1.36. The minimum Gasteiger partial charge on any atom is -0.383 e. The molecule has 1 unspecified atom stereocenters. The van der Waals surface area contributed by atoms with Crippen LogP contribution in [0.5, 0.6) is 0 Å². The molecule has 0 aromatic carbocycles. The van der Waals surface area contributed by atoms with Gasteiger partial charge >= 0.3 is 0 Å². The second-order valence-corrected chi connectivity index (χ2v) is 6.28. The highest BCUT2D eigenvalue weighted by atomic mass is 16.5. The van der Waals surface area contributed by atoms with E-state index in [1.807, 2.05) is 0 Å². The number of rotatable bonds is 7. The molecule has 3 heteroatoms. The van der Waals surface area contributed by atoms with Crippen LogP contribution in [0, 0.1) is 11.8 Å². The summed E-state index contributed by atoms with van der Waals surface area (Å²) in [7, 11) is 4.00. The molecular weight excluding hydrogens is 224 g/mol. The number of nitrogens with zero attached hydrogens (tertiary/aromatic N) is 1. The van der Waals surface area contributed by atoms with Crippen molar-refractivity contribution in [1.29, 1.82) is 0 Å². The summed E-state index contributed by atoms with van der Waals surface area (Å²) in [6, 6.07) is 0. The zero-order valence-corrected chi connectivity index (χ0v) is 12.7. The van der Waals surface area contributed by atoms with Crippen molar-refractivity contribution in [3.05, 3.63) is 0 Å². The van der Waals surface area contributed by atoms with Gasteiger partial charge in [0, 0.05) is 20.2 Å². The van der Waals surface area contributed by atoms with E-state index in [4.69, 9.17) is 10.5 Å². The van der Waals surface area contributed by atoms with Gasteiger partial charge in [0.25, 0.3) is 0 Å². The van der Waals surface area contributed by atoms with Gasteiger partial charge in [-0.25, -0.2) is 0 Å². The third-order valence-electron chi connectivity index (χ3n) is 4.84. The summed E-state index contributed by atoms with van der Waals surface area (Å²) in [4.78, 5) is 2.47. The molecule has 0 heterocycles. The first-order valence-corrected chi connectivity index (χ1v) is 7.47. The molecule has 1 aliphatic rings. The molecule has 1 saturated carbocycles. The summed E-state index contributed by atoms with van der Waals surface area (Å²) < 4.78 is 5.45. The minimum absolute atomic E-state index is 0.00774. The standard InChI is InChI=1S/C15H32N2O/c1-13(2)15(11-16,12-18-4)17(3)10-14-8-6-5-7-9-14/h13-14H,5-12,16H2,1-4H3. The topological polar surface area (TPSA) is 38.5 Å². The molecule has 1 fully saturated rings. The summed E-state index contributed by atoms with van der Waals surface area (Å²) in [5, 5.41) is 0. The average molecular weight is 256 g/mol. The third kappa shape index (κ3) is 3.69. The van der Waals surface area contributed by atoms with Crippen LogP contribution in [0.2, 0.25) is 0 Å². The fraction of sp³-hybridized carbons (Fsp3) is 1.00. The van der Waals surface area contributed by atoms with Crippen LogP contribution in [0.1, 0.15) is 46.0 Å². The molecular formula is C15H32N2O. The molecule has 0 aliphatic heterocycles. The second-order valence-electron chi connectivity index (χ2n) is 6.28. The molecule has 0 spiro atoms. The Morgan fingerprint density at radius 3 is 2.33 bits per heavy atom. The number of likely N-dealkylation sites (N-methyl/N-ethyl adjacent to an activating group) is 1. The number of hydrogen-bond acceptors (Lipinski definition) is 3. The second kappa shape index (κ2) is 7.46. The smallest absolute Gasteiger partial charge is 0.0661 e. The van der Waals surface area contributed by atoms with Gasteiger partial charge in [0.15, 0.2) is 0 Å². The number of methoxy groups -OCH3 is 1. The zero-order chi connectivity index (χ0) is 13.6. The van der Waals surface area contributed by atoms with Crippen LogP contribution in [0.15, 0.2) is 0 Å². The van der Waals surface area contributed by atoms with Crippen LogP contribution in [0.4, 0.5) is 0 Å². The molecule has 0 amide bonds. The fourth-order valence-corrected chi connectivity index (χ4v) is 3.36. The maximum Gasteiger partial charge on any atom is 0.0661 e. The van der Waals surface area contributed by atoms with Crippen molar-refractivity contribution in [2.75, 3.05) is 33.9 Å². The predicted octanol–water partition coefficient (Wildman–Crippen LogP) is 2.50. The molecule has 2 N–H and O–H groups in total. The van der Waals surface area contributed by atoms with Crippen molar-refractivity contribution in [2.45, 2.75) is 51.5 Å². The zero-order valence-electron chi connectivity index (χ0n) is 12.7. The van der Waals surface area contributed by atoms with E-state index in [1.54, 1.807) is 7.11 Å². The Kier molecular flexibility index (Phi) is 6.61. The molecule has 0 saturated heterocycles. The first-order valence-electron chi connectivity index (χ1n) is 7.47. The van der Waals surface area contributed by atoms with Gasteiger partial charge in [0.05, 0.1) is 12.1 Å². The maximum absolute atomic E-state index is 6.08. The highest BCUT2D eigenvalue weighted by molar-refractivity contribution is 4.94. The lowest BCUT2D eigenvalue weighted by molar-refractivity contribution is -0.0112. The largest absolute Gasteiger partial charge is 0.383 e. The van der Waals surface area contributed by atoms with Crippen LogP contribution in [0.3, 0.4) is 0 Å². The minimum atomic E-state index is -0.00774. The molecule has 1 rings (SSSR count). The number of hydrogen-bond donors (Lipinski definition) is 1. The van der Waals surface area contributed by atoms with E-state index in [0.717, 1.165) is 12.5 Å². The van der Waals surface area contributed by atoms with Gasteiger partial charge in [-0.2, -0.15) is 0 Å².